The van der Waals surface area contributed by atoms with Crippen molar-refractivity contribution in [3.8, 4) is 11.4 Å². The van der Waals surface area contributed by atoms with E-state index in [1.54, 1.807) is 0 Å². The monoisotopic (exact) mass is 349 g/mol. The van der Waals surface area contributed by atoms with E-state index >= 15 is 0 Å². The minimum absolute atomic E-state index is 0.177. The molecule has 0 atom stereocenters. The molecule has 110 valence electrons. The highest BCUT2D eigenvalue weighted by Crippen LogP contribution is 2.19. The van der Waals surface area contributed by atoms with Crippen LogP contribution in [0.15, 0.2) is 33.3 Å². The number of hydrogen-bond donors (Lipinski definition) is 0. The molecule has 1 aliphatic rings. The molecule has 5 nitrogen and oxygen atoms in total. The minimum atomic E-state index is 0.177. The number of benzene rings is 1. The number of halogens is 1. The van der Waals surface area contributed by atoms with Crippen LogP contribution in [0.2, 0.25) is 0 Å². The van der Waals surface area contributed by atoms with Gasteiger partial charge < -0.3 is 9.42 Å². The fraction of sp³-hybridized carbons (Fsp3) is 0.400. The smallest absolute Gasteiger partial charge is 0.227 e. The average Bonchev–Trinajstić information content (AvgIpc) is 3.17. The average molecular weight is 350 g/mol. The summed E-state index contributed by atoms with van der Waals surface area (Å²) in [5.41, 5.74) is 0.902. The summed E-state index contributed by atoms with van der Waals surface area (Å²) in [5.74, 6) is 1.25. The second-order valence-corrected chi connectivity index (χ2v) is 6.02. The maximum Gasteiger partial charge on any atom is 0.227 e. The Kier molecular flexibility index (Phi) is 4.34. The molecule has 2 heterocycles. The molecule has 1 aliphatic heterocycles. The summed E-state index contributed by atoms with van der Waals surface area (Å²) in [4.78, 5) is 18.2. The second-order valence-electron chi connectivity index (χ2n) is 5.11. The van der Waals surface area contributed by atoms with Crippen LogP contribution in [0.25, 0.3) is 11.4 Å². The molecule has 1 aromatic heterocycles. The third-order valence-corrected chi connectivity index (χ3v) is 4.11. The van der Waals surface area contributed by atoms with Gasteiger partial charge in [-0.25, -0.2) is 0 Å². The number of likely N-dealkylation sites (tertiary alicyclic amines) is 1. The number of aryl methyl sites for hydroxylation is 1. The number of amides is 1. The van der Waals surface area contributed by atoms with Crippen molar-refractivity contribution in [2.75, 3.05) is 13.1 Å². The normalized spacial score (nSPS) is 14.6. The summed E-state index contributed by atoms with van der Waals surface area (Å²) in [6.07, 6.45) is 3.15. The predicted octanol–water partition coefficient (Wildman–Crippen LogP) is 3.05. The van der Waals surface area contributed by atoms with Gasteiger partial charge in [0.2, 0.25) is 17.6 Å². The van der Waals surface area contributed by atoms with Crippen LogP contribution in [0.3, 0.4) is 0 Å². The van der Waals surface area contributed by atoms with E-state index in [4.69, 9.17) is 4.52 Å². The van der Waals surface area contributed by atoms with Crippen molar-refractivity contribution >= 4 is 21.8 Å². The zero-order valence-electron chi connectivity index (χ0n) is 11.6. The van der Waals surface area contributed by atoms with Crippen LogP contribution >= 0.6 is 15.9 Å². The van der Waals surface area contributed by atoms with E-state index in [1.807, 2.05) is 29.2 Å². The summed E-state index contributed by atoms with van der Waals surface area (Å²) >= 11 is 3.39. The number of rotatable bonds is 4. The van der Waals surface area contributed by atoms with Crippen molar-refractivity contribution in [3.63, 3.8) is 0 Å². The van der Waals surface area contributed by atoms with Crippen LogP contribution in [0.5, 0.6) is 0 Å². The molecule has 1 aromatic carbocycles. The van der Waals surface area contributed by atoms with Gasteiger partial charge >= 0.3 is 0 Å². The lowest BCUT2D eigenvalue weighted by Crippen LogP contribution is -2.27. The number of carbonyl (C=O) groups excluding carboxylic acids is 1. The zero-order valence-corrected chi connectivity index (χ0v) is 13.2. The highest BCUT2D eigenvalue weighted by atomic mass is 79.9. The molecule has 0 bridgehead atoms. The van der Waals surface area contributed by atoms with Crippen molar-refractivity contribution < 1.29 is 9.32 Å². The van der Waals surface area contributed by atoms with E-state index in [0.717, 1.165) is 36.0 Å². The Morgan fingerprint density at radius 1 is 1.24 bits per heavy atom. The Balaban J connectivity index is 1.60. The fourth-order valence-electron chi connectivity index (χ4n) is 2.41. The highest BCUT2D eigenvalue weighted by molar-refractivity contribution is 9.10. The van der Waals surface area contributed by atoms with Crippen molar-refractivity contribution in [1.82, 2.24) is 15.0 Å². The van der Waals surface area contributed by atoms with Crippen LogP contribution in [0, 0.1) is 0 Å². The zero-order chi connectivity index (χ0) is 14.7. The second kappa shape index (κ2) is 6.39. The van der Waals surface area contributed by atoms with Gasteiger partial charge in [-0.05, 0) is 37.1 Å². The lowest BCUT2D eigenvalue weighted by atomic mass is 10.2. The van der Waals surface area contributed by atoms with Crippen molar-refractivity contribution in [1.29, 1.82) is 0 Å². The van der Waals surface area contributed by atoms with Crippen LogP contribution < -0.4 is 0 Å². The molecule has 1 fully saturated rings. The number of carbonyl (C=O) groups is 1. The van der Waals surface area contributed by atoms with Gasteiger partial charge in [-0.2, -0.15) is 4.98 Å². The third kappa shape index (κ3) is 3.50. The SMILES string of the molecule is O=C(CCc1nc(-c2ccc(Br)cc2)no1)N1CCCC1. The van der Waals surface area contributed by atoms with Gasteiger partial charge in [0.25, 0.3) is 0 Å². The lowest BCUT2D eigenvalue weighted by Gasteiger charge is -2.13. The van der Waals surface area contributed by atoms with Gasteiger partial charge in [0.15, 0.2) is 0 Å². The van der Waals surface area contributed by atoms with E-state index in [0.29, 0.717) is 24.6 Å². The van der Waals surface area contributed by atoms with Crippen molar-refractivity contribution in [2.45, 2.75) is 25.7 Å². The van der Waals surface area contributed by atoms with Gasteiger partial charge in [0.05, 0.1) is 0 Å². The molecule has 6 heteroatoms. The van der Waals surface area contributed by atoms with E-state index in [1.165, 1.54) is 0 Å². The Morgan fingerprint density at radius 3 is 2.67 bits per heavy atom. The van der Waals surface area contributed by atoms with Crippen LogP contribution in [0.1, 0.15) is 25.2 Å². The largest absolute Gasteiger partial charge is 0.343 e. The maximum atomic E-state index is 12.0. The van der Waals surface area contributed by atoms with E-state index in [-0.39, 0.29) is 5.91 Å². The summed E-state index contributed by atoms with van der Waals surface area (Å²) in [6.45, 7) is 1.76. The maximum absolute atomic E-state index is 12.0. The van der Waals surface area contributed by atoms with Gasteiger partial charge in [-0.15, -0.1) is 0 Å². The molecule has 21 heavy (non-hydrogen) atoms. The van der Waals surface area contributed by atoms with Gasteiger partial charge in [0.1, 0.15) is 0 Å². The molecule has 2 aromatic rings. The minimum Gasteiger partial charge on any atom is -0.343 e. The quantitative estimate of drug-likeness (QED) is 0.850. The lowest BCUT2D eigenvalue weighted by molar-refractivity contribution is -0.130. The summed E-state index contributed by atoms with van der Waals surface area (Å²) in [6, 6.07) is 7.72. The van der Waals surface area contributed by atoms with Gasteiger partial charge in [-0.1, -0.05) is 21.1 Å². The first-order valence-electron chi connectivity index (χ1n) is 7.09. The Morgan fingerprint density at radius 2 is 1.95 bits per heavy atom. The number of aromatic nitrogens is 2. The number of nitrogens with zero attached hydrogens (tertiary/aromatic N) is 3. The molecule has 0 N–H and O–H groups in total. The van der Waals surface area contributed by atoms with Crippen molar-refractivity contribution in [3.05, 3.63) is 34.6 Å². The molecule has 0 saturated carbocycles. The third-order valence-electron chi connectivity index (χ3n) is 3.58. The standard InChI is InChI=1S/C15H16BrN3O2/c16-12-5-3-11(4-6-12)15-17-13(21-18-15)7-8-14(20)19-9-1-2-10-19/h3-6H,1-2,7-10H2. The molecule has 3 rings (SSSR count). The van der Waals surface area contributed by atoms with Crippen LogP contribution in [0.4, 0.5) is 0 Å². The first-order valence-corrected chi connectivity index (χ1v) is 7.88. The van der Waals surface area contributed by atoms with E-state index in [9.17, 15) is 4.79 Å². The molecule has 1 amide bonds. The highest BCUT2D eigenvalue weighted by Gasteiger charge is 2.18. The Bertz CT molecular complexity index is 618. The molecular formula is C15H16BrN3O2. The molecule has 0 unspecified atom stereocenters. The Labute approximate surface area is 131 Å². The van der Waals surface area contributed by atoms with E-state index < -0.39 is 0 Å². The molecule has 0 aliphatic carbocycles. The topological polar surface area (TPSA) is 59.2 Å². The summed E-state index contributed by atoms with van der Waals surface area (Å²) in [5, 5.41) is 3.97. The molecule has 0 radical (unpaired) electrons. The number of hydrogen-bond acceptors (Lipinski definition) is 4. The molecular weight excluding hydrogens is 334 g/mol. The van der Waals surface area contributed by atoms with Crippen LogP contribution in [-0.2, 0) is 11.2 Å². The summed E-state index contributed by atoms with van der Waals surface area (Å²) in [7, 11) is 0. The summed E-state index contributed by atoms with van der Waals surface area (Å²) < 4.78 is 6.22. The van der Waals surface area contributed by atoms with E-state index in [2.05, 4.69) is 26.1 Å². The first kappa shape index (κ1) is 14.3. The first-order chi connectivity index (χ1) is 10.2. The molecule has 0 spiro atoms. The Hall–Kier alpha value is -1.69. The molecule has 1 saturated heterocycles. The van der Waals surface area contributed by atoms with Gasteiger partial charge in [0, 0.05) is 36.0 Å². The van der Waals surface area contributed by atoms with Gasteiger partial charge in [-0.3, -0.25) is 4.79 Å². The fourth-order valence-corrected chi connectivity index (χ4v) is 2.68. The van der Waals surface area contributed by atoms with Crippen LogP contribution in [-0.4, -0.2) is 34.0 Å². The predicted molar refractivity (Wildman–Crippen MR) is 81.6 cm³/mol. The van der Waals surface area contributed by atoms with Crippen molar-refractivity contribution in [2.24, 2.45) is 0 Å².